The smallest absolute Gasteiger partial charge is 0.331 e. The Hall–Kier alpha value is -4.47. The van der Waals surface area contributed by atoms with Gasteiger partial charge in [-0.3, -0.25) is 14.3 Å². The predicted molar refractivity (Wildman–Crippen MR) is 185 cm³/mol. The first-order valence-corrected chi connectivity index (χ1v) is 18.8. The highest BCUT2D eigenvalue weighted by molar-refractivity contribution is 6.74. The van der Waals surface area contributed by atoms with E-state index in [-0.39, 0.29) is 17.3 Å². The molecule has 0 unspecified atom stereocenters. The molecule has 0 aliphatic carbocycles. The van der Waals surface area contributed by atoms with Crippen molar-refractivity contribution in [1.82, 2.24) is 9.55 Å². The Kier molecular flexibility index (Phi) is 10.1. The van der Waals surface area contributed by atoms with Crippen LogP contribution in [0.2, 0.25) is 18.1 Å². The molecule has 3 atom stereocenters. The number of aromatic nitrogens is 2. The Balaban J connectivity index is 1.59. The molecule has 252 valence electrons. The van der Waals surface area contributed by atoms with Crippen LogP contribution in [0.5, 0.6) is 11.5 Å². The van der Waals surface area contributed by atoms with Gasteiger partial charge in [0.25, 0.3) is 5.56 Å². The molecular weight excluding hydrogens is 627 g/mol. The molecule has 0 amide bonds. The molecule has 1 N–H and O–H groups in total. The highest BCUT2D eigenvalue weighted by atomic mass is 28.4. The van der Waals surface area contributed by atoms with Crippen LogP contribution in [0.15, 0.2) is 94.5 Å². The zero-order valence-corrected chi connectivity index (χ0v) is 29.5. The molecular formula is C37H43N3O7Si. The number of methoxy groups -OCH3 is 2. The quantitative estimate of drug-likeness (QED) is 0.150. The van der Waals surface area contributed by atoms with E-state index in [1.807, 2.05) is 84.9 Å². The van der Waals surface area contributed by atoms with E-state index in [1.165, 1.54) is 4.57 Å². The molecule has 3 aromatic carbocycles. The van der Waals surface area contributed by atoms with E-state index >= 15 is 0 Å². The summed E-state index contributed by atoms with van der Waals surface area (Å²) in [6.07, 6.45) is -1.68. The van der Waals surface area contributed by atoms with Crippen LogP contribution in [0.3, 0.4) is 0 Å². The third-order valence-corrected chi connectivity index (χ3v) is 13.9. The van der Waals surface area contributed by atoms with Gasteiger partial charge in [0, 0.05) is 12.5 Å². The van der Waals surface area contributed by atoms with Crippen LogP contribution in [0.4, 0.5) is 0 Å². The molecule has 1 fully saturated rings. The second-order valence-corrected chi connectivity index (χ2v) is 18.2. The first kappa shape index (κ1) is 34.9. The van der Waals surface area contributed by atoms with Gasteiger partial charge in [-0.2, -0.15) is 5.26 Å². The van der Waals surface area contributed by atoms with Crippen LogP contribution in [0.25, 0.3) is 0 Å². The Morgan fingerprint density at radius 2 is 1.44 bits per heavy atom. The second-order valence-electron chi connectivity index (χ2n) is 13.4. The maximum Gasteiger partial charge on any atom is 0.331 e. The fourth-order valence-electron chi connectivity index (χ4n) is 5.85. The van der Waals surface area contributed by atoms with E-state index in [0.29, 0.717) is 17.9 Å². The fourth-order valence-corrected chi connectivity index (χ4v) is 7.17. The normalized spacial score (nSPS) is 18.3. The molecule has 1 aliphatic rings. The lowest BCUT2D eigenvalue weighted by atomic mass is 9.80. The maximum absolute atomic E-state index is 13.2. The number of hydrogen-bond acceptors (Lipinski definition) is 8. The number of benzene rings is 3. The highest BCUT2D eigenvalue weighted by Crippen LogP contribution is 2.44. The largest absolute Gasteiger partial charge is 0.497 e. The van der Waals surface area contributed by atoms with E-state index < -0.39 is 43.6 Å². The van der Waals surface area contributed by atoms with Crippen molar-refractivity contribution in [2.45, 2.75) is 69.4 Å². The standard InChI is InChI=1S/C37H43N3O7Si/c1-36(2,3)48(6,7)47-32-22-31(46-34(32)40-28(23-38)21-33(41)39-35(40)42)24-45-37(25-11-9-8-10-12-25,26-13-17-29(43-4)18-14-26)27-15-19-30(44-5)20-16-27/h8-21,31-32,34H,22,24H2,1-7H3,(H,39,41,42)/t31-,32-,34-/m1/s1. The van der Waals surface area contributed by atoms with Gasteiger partial charge in [-0.25, -0.2) is 4.79 Å². The maximum atomic E-state index is 13.2. The second kappa shape index (κ2) is 13.9. The van der Waals surface area contributed by atoms with Crippen molar-refractivity contribution in [2.75, 3.05) is 20.8 Å². The molecule has 10 nitrogen and oxygen atoms in total. The molecule has 0 radical (unpaired) electrons. The van der Waals surface area contributed by atoms with Crippen LogP contribution in [0.1, 0.15) is 55.8 Å². The van der Waals surface area contributed by atoms with E-state index in [1.54, 1.807) is 14.2 Å². The van der Waals surface area contributed by atoms with Crippen molar-refractivity contribution in [3.05, 3.63) is 128 Å². The van der Waals surface area contributed by atoms with Crippen molar-refractivity contribution in [3.8, 4) is 17.6 Å². The number of aromatic amines is 1. The first-order chi connectivity index (χ1) is 22.8. The molecule has 1 aromatic heterocycles. The minimum atomic E-state index is -2.38. The van der Waals surface area contributed by atoms with Crippen LogP contribution in [-0.4, -0.2) is 50.9 Å². The molecule has 0 saturated carbocycles. The predicted octanol–water partition coefficient (Wildman–Crippen LogP) is 6.11. The zero-order chi connectivity index (χ0) is 34.7. The lowest BCUT2D eigenvalue weighted by Gasteiger charge is -2.39. The lowest BCUT2D eigenvalue weighted by Crippen LogP contribution is -2.46. The molecule has 2 heterocycles. The highest BCUT2D eigenvalue weighted by Gasteiger charge is 2.47. The van der Waals surface area contributed by atoms with Gasteiger partial charge in [0.1, 0.15) is 28.9 Å². The van der Waals surface area contributed by atoms with Crippen LogP contribution >= 0.6 is 0 Å². The van der Waals surface area contributed by atoms with E-state index in [2.05, 4.69) is 38.8 Å². The topological polar surface area (TPSA) is 125 Å². The number of H-pyrrole nitrogens is 1. The third-order valence-electron chi connectivity index (χ3n) is 9.40. The SMILES string of the molecule is COc1ccc(C(OC[C@H]2C[C@@H](O[Si](C)(C)C(C)(C)C)[C@H](n3c(C#N)cc(=O)[nH]c3=O)O2)(c2ccccc2)c2ccc(OC)cc2)cc1. The Labute approximate surface area is 282 Å². The minimum Gasteiger partial charge on any atom is -0.497 e. The van der Waals surface area contributed by atoms with Gasteiger partial charge in [0.2, 0.25) is 0 Å². The Morgan fingerprint density at radius 3 is 1.94 bits per heavy atom. The molecule has 11 heteroatoms. The van der Waals surface area contributed by atoms with Gasteiger partial charge in [0.15, 0.2) is 14.5 Å². The Bertz CT molecular complexity index is 1810. The molecule has 0 bridgehead atoms. The van der Waals surface area contributed by atoms with Crippen LogP contribution in [0, 0.1) is 11.3 Å². The van der Waals surface area contributed by atoms with Gasteiger partial charge in [-0.15, -0.1) is 0 Å². The molecule has 4 aromatic rings. The number of nitrogens with one attached hydrogen (secondary N) is 1. The summed E-state index contributed by atoms with van der Waals surface area (Å²) in [4.78, 5) is 27.6. The summed E-state index contributed by atoms with van der Waals surface area (Å²) in [6.45, 7) is 10.8. The average Bonchev–Trinajstić information content (AvgIpc) is 3.46. The number of nitriles is 1. The number of ether oxygens (including phenoxy) is 4. The van der Waals surface area contributed by atoms with E-state index in [0.717, 1.165) is 22.8 Å². The van der Waals surface area contributed by atoms with Crippen molar-refractivity contribution >= 4 is 8.32 Å². The van der Waals surface area contributed by atoms with Gasteiger partial charge >= 0.3 is 5.69 Å². The summed E-state index contributed by atoms with van der Waals surface area (Å²) in [7, 11) is 0.871. The minimum absolute atomic E-state index is 0.103. The van der Waals surface area contributed by atoms with Crippen molar-refractivity contribution in [3.63, 3.8) is 0 Å². The number of nitrogens with zero attached hydrogens (tertiary/aromatic N) is 2. The Morgan fingerprint density at radius 1 is 0.896 bits per heavy atom. The summed E-state index contributed by atoms with van der Waals surface area (Å²) in [5.74, 6) is 1.42. The van der Waals surface area contributed by atoms with Crippen molar-refractivity contribution in [2.24, 2.45) is 0 Å². The fraction of sp³-hybridized carbons (Fsp3) is 0.378. The van der Waals surface area contributed by atoms with Gasteiger partial charge in [-0.1, -0.05) is 75.4 Å². The molecule has 48 heavy (non-hydrogen) atoms. The summed E-state index contributed by atoms with van der Waals surface area (Å²) < 4.78 is 32.7. The average molecular weight is 670 g/mol. The van der Waals surface area contributed by atoms with Gasteiger partial charge < -0.3 is 23.4 Å². The number of hydrogen-bond donors (Lipinski definition) is 1. The van der Waals surface area contributed by atoms with Crippen molar-refractivity contribution < 1.29 is 23.4 Å². The van der Waals surface area contributed by atoms with Gasteiger partial charge in [-0.05, 0) is 59.1 Å². The van der Waals surface area contributed by atoms with E-state index in [9.17, 15) is 14.9 Å². The van der Waals surface area contributed by atoms with Crippen LogP contribution in [-0.2, 0) is 19.5 Å². The molecule has 5 rings (SSSR count). The van der Waals surface area contributed by atoms with E-state index in [4.69, 9.17) is 23.4 Å². The summed E-state index contributed by atoms with van der Waals surface area (Å²) >= 11 is 0. The summed E-state index contributed by atoms with van der Waals surface area (Å²) in [5, 5.41) is 9.78. The summed E-state index contributed by atoms with van der Waals surface area (Å²) in [5.41, 5.74) is 0.0632. The summed E-state index contributed by atoms with van der Waals surface area (Å²) in [6, 6.07) is 28.6. The van der Waals surface area contributed by atoms with Crippen molar-refractivity contribution in [1.29, 1.82) is 5.26 Å². The number of rotatable bonds is 11. The molecule has 1 aliphatic heterocycles. The lowest BCUT2D eigenvalue weighted by molar-refractivity contribution is -0.0866. The zero-order valence-electron chi connectivity index (χ0n) is 28.5. The monoisotopic (exact) mass is 669 g/mol. The van der Waals surface area contributed by atoms with Crippen LogP contribution < -0.4 is 20.7 Å². The first-order valence-electron chi connectivity index (χ1n) is 15.9. The molecule has 1 saturated heterocycles. The van der Waals surface area contributed by atoms with Gasteiger partial charge in [0.05, 0.1) is 33.0 Å². The third kappa shape index (κ3) is 6.89. The molecule has 0 spiro atoms.